The van der Waals surface area contributed by atoms with E-state index in [1.165, 1.54) is 5.56 Å². The first-order valence-corrected chi connectivity index (χ1v) is 8.18. The molecule has 100 valence electrons. The average molecular weight is 452 g/mol. The molecule has 5 heteroatoms. The summed E-state index contributed by atoms with van der Waals surface area (Å²) < 4.78 is 2.01. The number of rotatable bonds is 3. The molecule has 0 amide bonds. The van der Waals surface area contributed by atoms with Crippen molar-refractivity contribution in [3.63, 3.8) is 0 Å². The van der Waals surface area contributed by atoms with Gasteiger partial charge >= 0.3 is 0 Å². The zero-order valence-corrected chi connectivity index (χ0v) is 15.1. The second kappa shape index (κ2) is 6.50. The highest BCUT2D eigenvalue weighted by Crippen LogP contribution is 2.25. The normalized spacial score (nSPS) is 11.1. The van der Waals surface area contributed by atoms with Crippen LogP contribution >= 0.6 is 50.1 Å². The molecule has 0 spiro atoms. The predicted molar refractivity (Wildman–Crippen MR) is 90.8 cm³/mol. The molecule has 1 aromatic heterocycles. The molecule has 1 aromatic carbocycles. The minimum atomic E-state index is 0.341. The van der Waals surface area contributed by atoms with Gasteiger partial charge in [-0.25, -0.2) is 9.97 Å². The van der Waals surface area contributed by atoms with Crippen molar-refractivity contribution in [2.24, 2.45) is 0 Å². The van der Waals surface area contributed by atoms with E-state index in [1.807, 2.05) is 12.1 Å². The van der Waals surface area contributed by atoms with E-state index in [4.69, 9.17) is 11.6 Å². The Morgan fingerprint density at radius 3 is 2.68 bits per heavy atom. The van der Waals surface area contributed by atoms with Crippen molar-refractivity contribution in [2.75, 3.05) is 0 Å². The Hall–Kier alpha value is -0.200. The largest absolute Gasteiger partial charge is 0.236 e. The number of nitrogens with zero attached hydrogens (tertiary/aromatic N) is 2. The fraction of sp³-hybridized carbons (Fsp3) is 0.286. The first-order chi connectivity index (χ1) is 8.97. The molecule has 2 aromatic rings. The maximum atomic E-state index is 6.19. The van der Waals surface area contributed by atoms with Gasteiger partial charge < -0.3 is 0 Å². The molecule has 0 radical (unpaired) electrons. The van der Waals surface area contributed by atoms with Crippen molar-refractivity contribution in [3.8, 4) is 0 Å². The molecule has 0 aliphatic carbocycles. The van der Waals surface area contributed by atoms with Gasteiger partial charge in [-0.2, -0.15) is 0 Å². The van der Waals surface area contributed by atoms with Crippen molar-refractivity contribution in [1.82, 2.24) is 9.97 Å². The molecule has 0 atom stereocenters. The Morgan fingerprint density at radius 1 is 1.32 bits per heavy atom. The second-order valence-electron chi connectivity index (χ2n) is 4.59. The van der Waals surface area contributed by atoms with Crippen LogP contribution in [-0.4, -0.2) is 9.97 Å². The first-order valence-electron chi connectivity index (χ1n) is 5.93. The number of hydrogen-bond acceptors (Lipinski definition) is 2. The van der Waals surface area contributed by atoms with Crippen molar-refractivity contribution in [2.45, 2.75) is 26.2 Å². The molecule has 2 rings (SSSR count). The van der Waals surface area contributed by atoms with Crippen LogP contribution in [0.25, 0.3) is 0 Å². The van der Waals surface area contributed by atoms with Crippen LogP contribution in [0.4, 0.5) is 0 Å². The van der Waals surface area contributed by atoms with Crippen LogP contribution in [0.5, 0.6) is 0 Å². The summed E-state index contributed by atoms with van der Waals surface area (Å²) in [5, 5.41) is 0.546. The number of aromatic nitrogens is 2. The van der Waals surface area contributed by atoms with Gasteiger partial charge in [0.2, 0.25) is 0 Å². The average Bonchev–Trinajstić information content (AvgIpc) is 2.33. The number of halogens is 3. The summed E-state index contributed by atoms with van der Waals surface area (Å²) in [6.07, 6.45) is 0.690. The van der Waals surface area contributed by atoms with Crippen molar-refractivity contribution < 1.29 is 0 Å². The van der Waals surface area contributed by atoms with E-state index in [1.54, 1.807) is 0 Å². The van der Waals surface area contributed by atoms with Crippen LogP contribution in [0.15, 0.2) is 28.7 Å². The lowest BCUT2D eigenvalue weighted by Gasteiger charge is -2.11. The third-order valence-corrected chi connectivity index (χ3v) is 4.83. The van der Waals surface area contributed by atoms with Crippen LogP contribution < -0.4 is 0 Å². The number of benzene rings is 1. The van der Waals surface area contributed by atoms with E-state index in [2.05, 4.69) is 74.5 Å². The zero-order valence-electron chi connectivity index (χ0n) is 10.6. The Labute approximate surface area is 140 Å². The van der Waals surface area contributed by atoms with Gasteiger partial charge in [-0.3, -0.25) is 0 Å². The van der Waals surface area contributed by atoms with E-state index in [9.17, 15) is 0 Å². The molecule has 0 unspecified atom stereocenters. The Kier molecular flexibility index (Phi) is 5.20. The minimum absolute atomic E-state index is 0.341. The summed E-state index contributed by atoms with van der Waals surface area (Å²) in [5.74, 6) is 1.11. The van der Waals surface area contributed by atoms with Gasteiger partial charge in [-0.1, -0.05) is 53.5 Å². The molecule has 19 heavy (non-hydrogen) atoms. The Balaban J connectivity index is 2.36. The summed E-state index contributed by atoms with van der Waals surface area (Å²) in [5.41, 5.74) is 2.19. The molecule has 0 bridgehead atoms. The van der Waals surface area contributed by atoms with Gasteiger partial charge in [-0.05, 0) is 46.2 Å². The lowest BCUT2D eigenvalue weighted by Crippen LogP contribution is -2.05. The Morgan fingerprint density at radius 2 is 2.05 bits per heavy atom. The Bertz CT molecular complexity index is 602. The van der Waals surface area contributed by atoms with E-state index in [0.29, 0.717) is 17.5 Å². The maximum absolute atomic E-state index is 6.19. The van der Waals surface area contributed by atoms with Gasteiger partial charge in [0.05, 0.1) is 9.26 Å². The van der Waals surface area contributed by atoms with E-state index in [-0.39, 0.29) is 0 Å². The smallest absolute Gasteiger partial charge is 0.146 e. The van der Waals surface area contributed by atoms with E-state index in [0.717, 1.165) is 19.6 Å². The van der Waals surface area contributed by atoms with Crippen molar-refractivity contribution in [1.29, 1.82) is 0 Å². The highest BCUT2D eigenvalue weighted by Gasteiger charge is 2.13. The monoisotopic (exact) mass is 450 g/mol. The summed E-state index contributed by atoms with van der Waals surface area (Å²) in [6, 6.07) is 8.15. The quantitative estimate of drug-likeness (QED) is 0.473. The molecular weight excluding hydrogens is 438 g/mol. The molecule has 1 heterocycles. The van der Waals surface area contributed by atoms with Crippen molar-refractivity contribution >= 4 is 50.1 Å². The standard InChI is InChI=1S/C14H13BrClIN2/c1-8(2)13-12(17)14(16)19-11(18-13)7-9-4-3-5-10(15)6-9/h3-6,8H,7H2,1-2H3. The summed E-state index contributed by atoms with van der Waals surface area (Å²) in [7, 11) is 0. The first kappa shape index (κ1) is 15.2. The zero-order chi connectivity index (χ0) is 14.0. The third-order valence-electron chi connectivity index (χ3n) is 2.68. The van der Waals surface area contributed by atoms with E-state index < -0.39 is 0 Å². The lowest BCUT2D eigenvalue weighted by atomic mass is 10.1. The van der Waals surface area contributed by atoms with Crippen LogP contribution in [0.1, 0.15) is 36.8 Å². The molecule has 0 fully saturated rings. The highest BCUT2D eigenvalue weighted by atomic mass is 127. The topological polar surface area (TPSA) is 25.8 Å². The van der Waals surface area contributed by atoms with Crippen molar-refractivity contribution in [3.05, 3.63) is 54.5 Å². The van der Waals surface area contributed by atoms with Gasteiger partial charge in [0.1, 0.15) is 11.0 Å². The van der Waals surface area contributed by atoms with Crippen LogP contribution in [0, 0.1) is 3.57 Å². The lowest BCUT2D eigenvalue weighted by molar-refractivity contribution is 0.783. The predicted octanol–water partition coefficient (Wildman–Crippen LogP) is 5.21. The molecule has 0 aliphatic rings. The SMILES string of the molecule is CC(C)c1nc(Cc2cccc(Br)c2)nc(Cl)c1I. The van der Waals surface area contributed by atoms with Gasteiger partial charge in [0.15, 0.2) is 0 Å². The highest BCUT2D eigenvalue weighted by molar-refractivity contribution is 14.1. The molecule has 0 saturated carbocycles. The third kappa shape index (κ3) is 3.89. The van der Waals surface area contributed by atoms with Gasteiger partial charge in [0, 0.05) is 10.9 Å². The minimum Gasteiger partial charge on any atom is -0.236 e. The molecule has 0 N–H and O–H groups in total. The summed E-state index contributed by atoms with van der Waals surface area (Å²) in [6.45, 7) is 4.23. The molecular formula is C14H13BrClIN2. The van der Waals surface area contributed by atoms with Crippen LogP contribution in [0.2, 0.25) is 5.15 Å². The van der Waals surface area contributed by atoms with Gasteiger partial charge in [0.25, 0.3) is 0 Å². The fourth-order valence-electron chi connectivity index (χ4n) is 1.77. The second-order valence-corrected chi connectivity index (χ2v) is 6.94. The summed E-state index contributed by atoms with van der Waals surface area (Å²) in [4.78, 5) is 9.01. The van der Waals surface area contributed by atoms with Gasteiger partial charge in [-0.15, -0.1) is 0 Å². The fourth-order valence-corrected chi connectivity index (χ4v) is 3.28. The number of hydrogen-bond donors (Lipinski definition) is 0. The molecule has 0 saturated heterocycles. The van der Waals surface area contributed by atoms with Crippen LogP contribution in [0.3, 0.4) is 0 Å². The maximum Gasteiger partial charge on any atom is 0.146 e. The van der Waals surface area contributed by atoms with E-state index >= 15 is 0 Å². The molecule has 2 nitrogen and oxygen atoms in total. The summed E-state index contributed by atoms with van der Waals surface area (Å²) >= 11 is 11.9. The molecule has 0 aliphatic heterocycles. The van der Waals surface area contributed by atoms with Crippen LogP contribution in [-0.2, 0) is 6.42 Å².